The summed E-state index contributed by atoms with van der Waals surface area (Å²) in [6.07, 6.45) is 0. The topological polar surface area (TPSA) is 69.1 Å². The van der Waals surface area contributed by atoms with Gasteiger partial charge in [-0.05, 0) is 6.92 Å². The number of nitrogens with zero attached hydrogens (tertiary/aromatic N) is 4. The van der Waals surface area contributed by atoms with Crippen LogP contribution in [0.2, 0.25) is 0 Å². The van der Waals surface area contributed by atoms with E-state index in [0.717, 1.165) is 15.8 Å². The van der Waals surface area contributed by atoms with Crippen molar-refractivity contribution in [2.75, 3.05) is 0 Å². The van der Waals surface area contributed by atoms with Crippen LogP contribution in [-0.4, -0.2) is 25.9 Å². The third kappa shape index (κ3) is 2.19. The highest BCUT2D eigenvalue weighted by molar-refractivity contribution is 7.16. The predicted molar refractivity (Wildman–Crippen MR) is 69.4 cm³/mol. The Labute approximate surface area is 105 Å². The molecule has 0 fully saturated rings. The van der Waals surface area contributed by atoms with E-state index in [9.17, 15) is 0 Å². The molecular formula is C11H19N5S. The standard InChI is InChI=1S/C11H19N5S/c1-6(7(2)12)8-15-16-9(11(3,4)5)13-14-10(16)17-8/h6-7H,12H2,1-5H3. The molecule has 0 aliphatic rings. The summed E-state index contributed by atoms with van der Waals surface area (Å²) in [4.78, 5) is 0.845. The van der Waals surface area contributed by atoms with Gasteiger partial charge in [-0.25, -0.2) is 0 Å². The molecule has 0 aliphatic heterocycles. The molecule has 17 heavy (non-hydrogen) atoms. The van der Waals surface area contributed by atoms with E-state index >= 15 is 0 Å². The first-order valence-electron chi connectivity index (χ1n) is 5.79. The highest BCUT2D eigenvalue weighted by atomic mass is 32.1. The summed E-state index contributed by atoms with van der Waals surface area (Å²) in [6.45, 7) is 10.4. The van der Waals surface area contributed by atoms with Crippen molar-refractivity contribution < 1.29 is 0 Å². The van der Waals surface area contributed by atoms with Crippen LogP contribution in [0.3, 0.4) is 0 Å². The Morgan fingerprint density at radius 1 is 1.24 bits per heavy atom. The van der Waals surface area contributed by atoms with Gasteiger partial charge in [-0.1, -0.05) is 39.0 Å². The lowest BCUT2D eigenvalue weighted by Gasteiger charge is -2.14. The highest BCUT2D eigenvalue weighted by Gasteiger charge is 2.24. The lowest BCUT2D eigenvalue weighted by Crippen LogP contribution is -2.23. The van der Waals surface area contributed by atoms with Crippen LogP contribution in [0, 0.1) is 0 Å². The molecule has 2 atom stereocenters. The van der Waals surface area contributed by atoms with Gasteiger partial charge in [0, 0.05) is 17.4 Å². The zero-order valence-electron chi connectivity index (χ0n) is 10.9. The highest BCUT2D eigenvalue weighted by Crippen LogP contribution is 2.27. The normalized spacial score (nSPS) is 16.4. The first-order valence-corrected chi connectivity index (χ1v) is 6.60. The third-order valence-electron chi connectivity index (χ3n) is 2.86. The molecule has 0 saturated carbocycles. The van der Waals surface area contributed by atoms with E-state index in [-0.39, 0.29) is 17.4 Å². The smallest absolute Gasteiger partial charge is 0.234 e. The van der Waals surface area contributed by atoms with Crippen molar-refractivity contribution >= 4 is 16.3 Å². The summed E-state index contributed by atoms with van der Waals surface area (Å²) < 4.78 is 1.85. The lowest BCUT2D eigenvalue weighted by atomic mass is 9.96. The molecule has 0 bridgehead atoms. The average Bonchev–Trinajstić information content (AvgIpc) is 2.71. The summed E-state index contributed by atoms with van der Waals surface area (Å²) in [5.41, 5.74) is 5.85. The second-order valence-corrected chi connectivity index (χ2v) is 6.54. The van der Waals surface area contributed by atoms with Gasteiger partial charge in [0.1, 0.15) is 5.01 Å². The van der Waals surface area contributed by atoms with E-state index in [1.165, 1.54) is 0 Å². The summed E-state index contributed by atoms with van der Waals surface area (Å²) in [5, 5.41) is 14.0. The Bertz CT molecular complexity index is 519. The first-order chi connectivity index (χ1) is 7.80. The minimum absolute atomic E-state index is 0.0532. The van der Waals surface area contributed by atoms with E-state index < -0.39 is 0 Å². The fraction of sp³-hybridized carbons (Fsp3) is 0.727. The average molecular weight is 253 g/mol. The Balaban J connectivity index is 2.49. The first kappa shape index (κ1) is 12.4. The Morgan fingerprint density at radius 3 is 2.41 bits per heavy atom. The summed E-state index contributed by atoms with van der Waals surface area (Å²) >= 11 is 1.57. The zero-order chi connectivity index (χ0) is 12.8. The van der Waals surface area contributed by atoms with Gasteiger partial charge in [0.2, 0.25) is 4.96 Å². The molecule has 2 heterocycles. The molecule has 5 nitrogen and oxygen atoms in total. The number of nitrogens with two attached hydrogens (primary N) is 1. The molecule has 0 aromatic carbocycles. The van der Waals surface area contributed by atoms with Crippen LogP contribution in [-0.2, 0) is 5.41 Å². The van der Waals surface area contributed by atoms with Crippen LogP contribution < -0.4 is 5.73 Å². The van der Waals surface area contributed by atoms with Crippen LogP contribution in [0.15, 0.2) is 0 Å². The fourth-order valence-corrected chi connectivity index (χ4v) is 2.51. The lowest BCUT2D eigenvalue weighted by molar-refractivity contribution is 0.522. The minimum Gasteiger partial charge on any atom is -0.327 e. The molecule has 2 rings (SSSR count). The van der Waals surface area contributed by atoms with Crippen molar-refractivity contribution in [2.24, 2.45) is 5.73 Å². The number of fused-ring (bicyclic) bond motifs is 1. The van der Waals surface area contributed by atoms with Gasteiger partial charge >= 0.3 is 0 Å². The molecule has 2 unspecified atom stereocenters. The van der Waals surface area contributed by atoms with Crippen LogP contribution in [0.4, 0.5) is 0 Å². The van der Waals surface area contributed by atoms with E-state index in [1.54, 1.807) is 11.3 Å². The second kappa shape index (κ2) is 4.03. The number of rotatable bonds is 2. The van der Waals surface area contributed by atoms with Gasteiger partial charge in [-0.3, -0.25) is 0 Å². The van der Waals surface area contributed by atoms with Crippen LogP contribution in [0.5, 0.6) is 0 Å². The maximum absolute atomic E-state index is 5.90. The van der Waals surface area contributed by atoms with Gasteiger partial charge in [0.25, 0.3) is 0 Å². The van der Waals surface area contributed by atoms with Crippen molar-refractivity contribution in [3.8, 4) is 0 Å². The minimum atomic E-state index is -0.0532. The third-order valence-corrected chi connectivity index (χ3v) is 3.96. The molecule has 94 valence electrons. The quantitative estimate of drug-likeness (QED) is 0.888. The molecule has 2 aromatic heterocycles. The Hall–Kier alpha value is -1.01. The summed E-state index contributed by atoms with van der Waals surface area (Å²) in [6, 6.07) is 0.0944. The largest absolute Gasteiger partial charge is 0.327 e. The summed E-state index contributed by atoms with van der Waals surface area (Å²) in [7, 11) is 0. The van der Waals surface area contributed by atoms with Gasteiger partial charge < -0.3 is 5.73 Å². The molecule has 6 heteroatoms. The summed E-state index contributed by atoms with van der Waals surface area (Å²) in [5.74, 6) is 1.14. The van der Waals surface area contributed by atoms with E-state index in [4.69, 9.17) is 5.73 Å². The second-order valence-electron chi connectivity index (χ2n) is 5.56. The van der Waals surface area contributed by atoms with Crippen LogP contribution in [0.25, 0.3) is 4.96 Å². The van der Waals surface area contributed by atoms with Gasteiger partial charge in [-0.15, -0.1) is 10.2 Å². The van der Waals surface area contributed by atoms with Crippen molar-refractivity contribution in [1.29, 1.82) is 0 Å². The van der Waals surface area contributed by atoms with Crippen molar-refractivity contribution in [3.63, 3.8) is 0 Å². The zero-order valence-corrected chi connectivity index (χ0v) is 11.7. The molecular weight excluding hydrogens is 234 g/mol. The Morgan fingerprint density at radius 2 is 1.88 bits per heavy atom. The number of hydrogen-bond acceptors (Lipinski definition) is 5. The molecule has 0 aliphatic carbocycles. The van der Waals surface area contributed by atoms with Crippen LogP contribution >= 0.6 is 11.3 Å². The maximum atomic E-state index is 5.90. The molecule has 2 aromatic rings. The number of hydrogen-bond donors (Lipinski definition) is 1. The van der Waals surface area contributed by atoms with Gasteiger partial charge in [0.05, 0.1) is 0 Å². The van der Waals surface area contributed by atoms with E-state index in [0.29, 0.717) is 0 Å². The molecule has 2 N–H and O–H groups in total. The van der Waals surface area contributed by atoms with Crippen molar-refractivity contribution in [2.45, 2.75) is 52.0 Å². The van der Waals surface area contributed by atoms with E-state index in [1.807, 2.05) is 11.4 Å². The fourth-order valence-electron chi connectivity index (χ4n) is 1.51. The molecule has 0 saturated heterocycles. The molecule has 0 spiro atoms. The van der Waals surface area contributed by atoms with Gasteiger partial charge in [0.15, 0.2) is 5.82 Å². The van der Waals surface area contributed by atoms with E-state index in [2.05, 4.69) is 43.0 Å². The predicted octanol–water partition coefficient (Wildman–Crippen LogP) is 1.93. The molecule has 0 radical (unpaired) electrons. The SMILES string of the molecule is CC(N)C(C)c1nn2c(C(C)(C)C)nnc2s1. The molecule has 0 amide bonds. The van der Waals surface area contributed by atoms with Crippen LogP contribution in [0.1, 0.15) is 51.4 Å². The Kier molecular flexibility index (Phi) is 2.95. The number of aromatic nitrogens is 4. The van der Waals surface area contributed by atoms with Crippen molar-refractivity contribution in [3.05, 3.63) is 10.8 Å². The van der Waals surface area contributed by atoms with Crippen molar-refractivity contribution in [1.82, 2.24) is 19.8 Å². The monoisotopic (exact) mass is 253 g/mol. The van der Waals surface area contributed by atoms with Gasteiger partial charge in [-0.2, -0.15) is 9.61 Å². The maximum Gasteiger partial charge on any atom is 0.234 e.